The highest BCUT2D eigenvalue weighted by Gasteiger charge is 2.18. The van der Waals surface area contributed by atoms with Crippen LogP contribution in [0.5, 0.6) is 0 Å². The Morgan fingerprint density at radius 2 is 1.65 bits per heavy atom. The predicted molar refractivity (Wildman–Crippen MR) is 90.1 cm³/mol. The van der Waals surface area contributed by atoms with E-state index in [1.165, 1.54) is 11.1 Å². The van der Waals surface area contributed by atoms with Crippen LogP contribution in [0.2, 0.25) is 0 Å². The Bertz CT molecular complexity index is 790. The van der Waals surface area contributed by atoms with Crippen LogP contribution in [0, 0.1) is 0 Å². The maximum absolute atomic E-state index is 5.44. The molecule has 1 aliphatic heterocycles. The zero-order valence-corrected chi connectivity index (χ0v) is 13.2. The zero-order chi connectivity index (χ0) is 15.6. The third-order valence-electron chi connectivity index (χ3n) is 4.64. The molecule has 1 aromatic heterocycles. The Morgan fingerprint density at radius 1 is 0.957 bits per heavy atom. The highest BCUT2D eigenvalue weighted by atomic mass is 16.5. The van der Waals surface area contributed by atoms with Crippen molar-refractivity contribution in [1.82, 2.24) is 20.3 Å². The summed E-state index contributed by atoms with van der Waals surface area (Å²) < 4.78 is 5.44. The number of rotatable bonds is 3. The quantitative estimate of drug-likeness (QED) is 0.808. The van der Waals surface area contributed by atoms with Crippen LogP contribution in [0.15, 0.2) is 42.5 Å². The summed E-state index contributed by atoms with van der Waals surface area (Å²) in [7, 11) is 0. The summed E-state index contributed by atoms with van der Waals surface area (Å²) in [6.45, 7) is 5.94. The Morgan fingerprint density at radius 3 is 2.43 bits per heavy atom. The smallest absolute Gasteiger partial charge is 0.113 e. The molecular weight excluding hydrogens is 288 g/mol. The zero-order valence-electron chi connectivity index (χ0n) is 13.2. The van der Waals surface area contributed by atoms with Crippen molar-refractivity contribution in [3.8, 4) is 11.1 Å². The Labute approximate surface area is 135 Å². The van der Waals surface area contributed by atoms with Crippen molar-refractivity contribution in [2.75, 3.05) is 26.3 Å². The number of benzene rings is 2. The molecule has 0 amide bonds. The molecule has 5 heteroatoms. The summed E-state index contributed by atoms with van der Waals surface area (Å²) in [6.07, 6.45) is 0. The lowest BCUT2D eigenvalue weighted by Crippen LogP contribution is -2.37. The first-order valence-corrected chi connectivity index (χ1v) is 8.04. The number of aromatic amines is 1. The molecule has 0 spiro atoms. The Hall–Kier alpha value is -2.24. The van der Waals surface area contributed by atoms with Gasteiger partial charge >= 0.3 is 0 Å². The number of nitrogens with one attached hydrogen (secondary N) is 1. The van der Waals surface area contributed by atoms with E-state index in [2.05, 4.69) is 63.6 Å². The number of nitrogens with zero attached hydrogens (tertiary/aromatic N) is 3. The van der Waals surface area contributed by atoms with Crippen LogP contribution in [-0.4, -0.2) is 46.6 Å². The van der Waals surface area contributed by atoms with Gasteiger partial charge in [-0.15, -0.1) is 0 Å². The largest absolute Gasteiger partial charge is 0.379 e. The summed E-state index contributed by atoms with van der Waals surface area (Å²) in [5.74, 6) is 0. The number of H-pyrrole nitrogens is 1. The number of morpholine rings is 1. The summed E-state index contributed by atoms with van der Waals surface area (Å²) in [5, 5.41) is 10.9. The lowest BCUT2D eigenvalue weighted by Gasteiger charge is -2.32. The molecule has 0 saturated carbocycles. The molecule has 1 aliphatic rings. The van der Waals surface area contributed by atoms with Gasteiger partial charge in [-0.3, -0.25) is 4.90 Å². The van der Waals surface area contributed by atoms with Crippen LogP contribution in [0.3, 0.4) is 0 Å². The molecule has 0 aliphatic carbocycles. The van der Waals surface area contributed by atoms with E-state index in [1.807, 2.05) is 6.07 Å². The molecule has 1 N–H and O–H groups in total. The molecular formula is C18H20N4O. The molecule has 5 nitrogen and oxygen atoms in total. The van der Waals surface area contributed by atoms with Gasteiger partial charge < -0.3 is 4.74 Å². The topological polar surface area (TPSA) is 54.0 Å². The molecule has 23 heavy (non-hydrogen) atoms. The van der Waals surface area contributed by atoms with Crippen molar-refractivity contribution < 1.29 is 4.74 Å². The second kappa shape index (κ2) is 6.10. The molecule has 1 saturated heterocycles. The van der Waals surface area contributed by atoms with Crippen LogP contribution < -0.4 is 0 Å². The molecule has 118 valence electrons. The summed E-state index contributed by atoms with van der Waals surface area (Å²) >= 11 is 0. The van der Waals surface area contributed by atoms with Gasteiger partial charge in [0.2, 0.25) is 0 Å². The third-order valence-corrected chi connectivity index (χ3v) is 4.64. The van der Waals surface area contributed by atoms with Gasteiger partial charge in [-0.25, -0.2) is 0 Å². The summed E-state index contributed by atoms with van der Waals surface area (Å²) in [5.41, 5.74) is 5.50. The average Bonchev–Trinajstić information content (AvgIpc) is 3.10. The number of hydrogen-bond acceptors (Lipinski definition) is 4. The Balaban J connectivity index is 1.57. The van der Waals surface area contributed by atoms with E-state index in [9.17, 15) is 0 Å². The minimum atomic E-state index is 0.422. The molecule has 4 rings (SSSR count). The number of fused-ring (bicyclic) bond motifs is 1. The second-order valence-corrected chi connectivity index (χ2v) is 5.97. The van der Waals surface area contributed by atoms with Gasteiger partial charge in [-0.1, -0.05) is 30.3 Å². The summed E-state index contributed by atoms with van der Waals surface area (Å²) in [6, 6.07) is 15.4. The molecule has 1 atom stereocenters. The van der Waals surface area contributed by atoms with E-state index in [1.54, 1.807) is 0 Å². The monoisotopic (exact) mass is 308 g/mol. The fraction of sp³-hybridized carbons (Fsp3) is 0.333. The van der Waals surface area contributed by atoms with E-state index in [0.717, 1.165) is 42.9 Å². The van der Waals surface area contributed by atoms with E-state index in [0.29, 0.717) is 6.04 Å². The third kappa shape index (κ3) is 2.85. The first-order chi connectivity index (χ1) is 11.3. The normalized spacial score (nSPS) is 17.4. The molecule has 2 aromatic carbocycles. The minimum Gasteiger partial charge on any atom is -0.379 e. The van der Waals surface area contributed by atoms with Crippen LogP contribution >= 0.6 is 0 Å². The van der Waals surface area contributed by atoms with Crippen molar-refractivity contribution in [1.29, 1.82) is 0 Å². The minimum absolute atomic E-state index is 0.422. The number of hydrogen-bond donors (Lipinski definition) is 1. The lowest BCUT2D eigenvalue weighted by atomic mass is 10.00. The predicted octanol–water partition coefficient (Wildman–Crippen LogP) is 3.02. The van der Waals surface area contributed by atoms with Crippen LogP contribution in [0.1, 0.15) is 18.5 Å². The van der Waals surface area contributed by atoms with E-state index in [4.69, 9.17) is 4.74 Å². The lowest BCUT2D eigenvalue weighted by molar-refractivity contribution is 0.0198. The van der Waals surface area contributed by atoms with Gasteiger partial charge in [0.05, 0.1) is 13.2 Å². The van der Waals surface area contributed by atoms with Gasteiger partial charge in [0, 0.05) is 19.1 Å². The molecule has 3 aromatic rings. The fourth-order valence-electron chi connectivity index (χ4n) is 3.15. The first kappa shape index (κ1) is 14.4. The summed E-state index contributed by atoms with van der Waals surface area (Å²) in [4.78, 5) is 2.47. The molecule has 1 fully saturated rings. The fourth-order valence-corrected chi connectivity index (χ4v) is 3.15. The molecule has 0 radical (unpaired) electrons. The van der Waals surface area contributed by atoms with Crippen molar-refractivity contribution in [3.05, 3.63) is 48.0 Å². The van der Waals surface area contributed by atoms with Crippen molar-refractivity contribution in [2.45, 2.75) is 13.0 Å². The molecule has 0 unspecified atom stereocenters. The average molecular weight is 308 g/mol. The van der Waals surface area contributed by atoms with Gasteiger partial charge in [-0.2, -0.15) is 15.4 Å². The maximum atomic E-state index is 5.44. The van der Waals surface area contributed by atoms with Crippen molar-refractivity contribution in [3.63, 3.8) is 0 Å². The van der Waals surface area contributed by atoms with E-state index < -0.39 is 0 Å². The number of aromatic nitrogens is 3. The standard InChI is InChI=1S/C18H20N4O/c1-13(22-8-10-23-11-9-22)14-2-4-15(5-3-14)16-6-7-17-18(12-16)20-21-19-17/h2-7,12-13H,8-11H2,1H3,(H,19,20,21)/t13-/m1/s1. The van der Waals surface area contributed by atoms with Crippen LogP contribution in [0.25, 0.3) is 22.2 Å². The van der Waals surface area contributed by atoms with Gasteiger partial charge in [-0.05, 0) is 35.7 Å². The second-order valence-electron chi connectivity index (χ2n) is 5.97. The van der Waals surface area contributed by atoms with Crippen molar-refractivity contribution in [2.24, 2.45) is 0 Å². The SMILES string of the molecule is C[C@H](c1ccc(-c2ccc3n[nH]nc3c2)cc1)N1CCOCC1. The number of ether oxygens (including phenoxy) is 1. The van der Waals surface area contributed by atoms with Gasteiger partial charge in [0.15, 0.2) is 0 Å². The highest BCUT2D eigenvalue weighted by molar-refractivity contribution is 5.80. The van der Waals surface area contributed by atoms with E-state index in [-0.39, 0.29) is 0 Å². The Kier molecular flexibility index (Phi) is 3.81. The van der Waals surface area contributed by atoms with Crippen LogP contribution in [0.4, 0.5) is 0 Å². The first-order valence-electron chi connectivity index (χ1n) is 8.04. The maximum Gasteiger partial charge on any atom is 0.113 e. The molecule has 0 bridgehead atoms. The van der Waals surface area contributed by atoms with Crippen molar-refractivity contribution >= 4 is 11.0 Å². The van der Waals surface area contributed by atoms with Crippen LogP contribution in [-0.2, 0) is 4.74 Å². The molecule has 2 heterocycles. The van der Waals surface area contributed by atoms with E-state index >= 15 is 0 Å². The van der Waals surface area contributed by atoms with Gasteiger partial charge in [0.1, 0.15) is 11.0 Å². The van der Waals surface area contributed by atoms with Gasteiger partial charge in [0.25, 0.3) is 0 Å². The highest BCUT2D eigenvalue weighted by Crippen LogP contribution is 2.26.